The molecule has 2 aromatic heterocycles. The Hall–Kier alpha value is -8.56. The molecular formula is C55H62N10O9Si. The maximum absolute atomic E-state index is 11.3. The summed E-state index contributed by atoms with van der Waals surface area (Å²) in [7, 11) is 2.55. The highest BCUT2D eigenvalue weighted by Crippen LogP contribution is 2.36. The van der Waals surface area contributed by atoms with Crippen LogP contribution in [-0.4, -0.2) is 85.3 Å². The Kier molecular flexibility index (Phi) is 17.7. The Morgan fingerprint density at radius 3 is 1.69 bits per heavy atom. The van der Waals surface area contributed by atoms with Crippen LogP contribution in [0.3, 0.4) is 0 Å². The van der Waals surface area contributed by atoms with Crippen LogP contribution in [0.5, 0.6) is 23.0 Å². The zero-order valence-corrected chi connectivity index (χ0v) is 42.8. The number of non-ortho nitro benzene ring substituents is 2. The average molecular weight is 1040 g/mol. The van der Waals surface area contributed by atoms with Crippen molar-refractivity contribution >= 4 is 88.3 Å². The average Bonchev–Trinajstić information content (AvgIpc) is 4.24. The molecule has 0 bridgehead atoms. The van der Waals surface area contributed by atoms with Crippen molar-refractivity contribution in [2.24, 2.45) is 11.5 Å². The lowest BCUT2D eigenvalue weighted by Gasteiger charge is -2.20. The van der Waals surface area contributed by atoms with E-state index in [0.717, 1.165) is 96.1 Å². The van der Waals surface area contributed by atoms with Gasteiger partial charge in [-0.2, -0.15) is 10.2 Å². The van der Waals surface area contributed by atoms with E-state index < -0.39 is 13.0 Å². The molecule has 8 aromatic rings. The van der Waals surface area contributed by atoms with Crippen LogP contribution < -0.4 is 40.2 Å². The molecule has 390 valence electrons. The molecule has 6 aromatic carbocycles. The van der Waals surface area contributed by atoms with Crippen LogP contribution in [0, 0.1) is 20.2 Å². The molecule has 20 heteroatoms. The van der Waals surface area contributed by atoms with E-state index >= 15 is 0 Å². The Morgan fingerprint density at radius 2 is 1.16 bits per heavy atom. The number of anilines is 4. The van der Waals surface area contributed by atoms with Crippen molar-refractivity contribution in [2.45, 2.75) is 39.8 Å². The minimum absolute atomic E-state index is 0. The number of benzene rings is 6. The summed E-state index contributed by atoms with van der Waals surface area (Å²) in [4.78, 5) is 25.4. The van der Waals surface area contributed by atoms with E-state index in [-0.39, 0.29) is 37.3 Å². The van der Waals surface area contributed by atoms with Crippen molar-refractivity contribution in [2.75, 3.05) is 57.2 Å². The number of nitro benzene ring substituents is 2. The lowest BCUT2D eigenvalue weighted by molar-refractivity contribution is -0.385. The van der Waals surface area contributed by atoms with E-state index in [9.17, 15) is 20.2 Å². The summed E-state index contributed by atoms with van der Waals surface area (Å²) in [5.41, 5.74) is 18.6. The highest BCUT2D eigenvalue weighted by Gasteiger charge is 2.18. The number of nitrogens with one attached hydrogen (secondary N) is 1. The number of nitrogens with two attached hydrogens (primary N) is 2. The summed E-state index contributed by atoms with van der Waals surface area (Å²) in [6, 6.07) is 37.8. The Bertz CT molecular complexity index is 3350. The molecule has 4 heterocycles. The first kappa shape index (κ1) is 54.2. The number of hydrogen-bond acceptors (Lipinski definition) is 15. The molecule has 0 radical (unpaired) electrons. The first-order valence-electron chi connectivity index (χ1n) is 23.8. The van der Waals surface area contributed by atoms with Gasteiger partial charge in [-0.3, -0.25) is 25.3 Å². The molecule has 2 aliphatic rings. The summed E-state index contributed by atoms with van der Waals surface area (Å²) in [6.07, 6.45) is 7.91. The van der Waals surface area contributed by atoms with E-state index in [1.807, 2.05) is 138 Å². The maximum atomic E-state index is 11.3. The summed E-state index contributed by atoms with van der Waals surface area (Å²) in [5.74, 6) is 2.97. The predicted octanol–water partition coefficient (Wildman–Crippen LogP) is 11.6. The number of hydrogen-bond donors (Lipinski definition) is 3. The van der Waals surface area contributed by atoms with E-state index in [1.54, 1.807) is 24.3 Å². The molecule has 0 spiro atoms. The van der Waals surface area contributed by atoms with Crippen LogP contribution in [0.2, 0.25) is 25.7 Å². The van der Waals surface area contributed by atoms with Gasteiger partial charge in [0, 0.05) is 99.7 Å². The largest absolute Gasteiger partial charge is 0.454 e. The van der Waals surface area contributed by atoms with Crippen molar-refractivity contribution in [1.29, 1.82) is 0 Å². The molecule has 0 saturated heterocycles. The third-order valence-electron chi connectivity index (χ3n) is 12.0. The number of rotatable bonds is 16. The fourth-order valence-electron chi connectivity index (χ4n) is 7.82. The normalized spacial score (nSPS) is 12.3. The summed E-state index contributed by atoms with van der Waals surface area (Å²) in [6.45, 7) is 9.69. The van der Waals surface area contributed by atoms with Gasteiger partial charge in [0.2, 0.25) is 13.6 Å². The standard InChI is InChI=1S/C29H32N4O5Si.C23H18N4O4.C2H8N2.CH4/c1-31(22-6-5-7-24(17-22)33(34)35)23-10-11-25-26(12-8-21-9-13-28-29(16-21)38-20-37-28)30-32(27(25)18-23)19-36-14-15-39(2,3)4;1-26(16-3-2-4-18(12-16)27(28)29)17-7-8-19-20(24-25-21(19)13-17)9-5-15-6-10-22-23(11-15)31-14-30-22;3-1-2-4;/h5-13,16-18H,14-15,19-20H2,1-4H3;2-13H,14H2,1H3,(H,24,25);1-4H2;1H4/b12-8+;9-5+;;. The lowest BCUT2D eigenvalue weighted by atomic mass is 10.1. The number of ether oxygens (including phenoxy) is 5. The molecule has 10 rings (SSSR count). The minimum Gasteiger partial charge on any atom is -0.454 e. The molecule has 0 fully saturated rings. The van der Waals surface area contributed by atoms with Gasteiger partial charge in [0.15, 0.2) is 23.0 Å². The topological polar surface area (TPSA) is 237 Å². The number of nitrogens with zero attached hydrogens (tertiary/aromatic N) is 7. The minimum atomic E-state index is -1.22. The molecule has 2 aliphatic heterocycles. The van der Waals surface area contributed by atoms with Crippen LogP contribution >= 0.6 is 0 Å². The van der Waals surface area contributed by atoms with Gasteiger partial charge in [-0.25, -0.2) is 4.68 Å². The van der Waals surface area contributed by atoms with E-state index in [4.69, 9.17) is 40.3 Å². The van der Waals surface area contributed by atoms with Gasteiger partial charge in [0.05, 0.1) is 32.3 Å². The third-order valence-corrected chi connectivity index (χ3v) is 13.7. The highest BCUT2D eigenvalue weighted by atomic mass is 28.3. The number of H-pyrrole nitrogens is 1. The second-order valence-electron chi connectivity index (χ2n) is 18.4. The van der Waals surface area contributed by atoms with Crippen molar-refractivity contribution in [3.63, 3.8) is 0 Å². The molecule has 19 nitrogen and oxygen atoms in total. The number of nitro groups is 2. The predicted molar refractivity (Wildman–Crippen MR) is 300 cm³/mol. The Morgan fingerprint density at radius 1 is 0.653 bits per heavy atom. The fourth-order valence-corrected chi connectivity index (χ4v) is 8.58. The molecule has 0 aliphatic carbocycles. The van der Waals surface area contributed by atoms with E-state index in [1.165, 1.54) is 12.1 Å². The van der Waals surface area contributed by atoms with Crippen molar-refractivity contribution in [3.05, 3.63) is 164 Å². The number of fused-ring (bicyclic) bond motifs is 4. The van der Waals surface area contributed by atoms with Gasteiger partial charge in [0.1, 0.15) is 6.73 Å². The number of aromatic amines is 1. The molecule has 0 unspecified atom stereocenters. The highest BCUT2D eigenvalue weighted by molar-refractivity contribution is 6.76. The first-order valence-corrected chi connectivity index (χ1v) is 27.5. The van der Waals surface area contributed by atoms with Gasteiger partial charge in [-0.15, -0.1) is 0 Å². The van der Waals surface area contributed by atoms with E-state index in [2.05, 4.69) is 29.8 Å². The maximum Gasteiger partial charge on any atom is 0.271 e. The van der Waals surface area contributed by atoms with Gasteiger partial charge >= 0.3 is 0 Å². The van der Waals surface area contributed by atoms with Crippen molar-refractivity contribution in [3.8, 4) is 23.0 Å². The van der Waals surface area contributed by atoms with E-state index in [0.29, 0.717) is 26.4 Å². The Balaban J connectivity index is 0.000000206. The fraction of sp³-hybridized carbons (Fsp3) is 0.236. The molecule has 5 N–H and O–H groups in total. The Labute approximate surface area is 435 Å². The van der Waals surface area contributed by atoms with Crippen molar-refractivity contribution < 1.29 is 33.5 Å². The van der Waals surface area contributed by atoms with Gasteiger partial charge < -0.3 is 45.0 Å². The van der Waals surface area contributed by atoms with Crippen LogP contribution in [0.15, 0.2) is 121 Å². The van der Waals surface area contributed by atoms with Crippen LogP contribution in [0.1, 0.15) is 29.9 Å². The zero-order valence-electron chi connectivity index (χ0n) is 41.8. The molecule has 0 amide bonds. The van der Waals surface area contributed by atoms with Gasteiger partial charge in [0.25, 0.3) is 11.4 Å². The summed E-state index contributed by atoms with van der Waals surface area (Å²) in [5, 5.41) is 36.7. The second-order valence-corrected chi connectivity index (χ2v) is 24.0. The molecule has 0 atom stereocenters. The monoisotopic (exact) mass is 1030 g/mol. The molecule has 75 heavy (non-hydrogen) atoms. The lowest BCUT2D eigenvalue weighted by Crippen LogP contribution is -2.22. The quantitative estimate of drug-likeness (QED) is 0.0353. The van der Waals surface area contributed by atoms with Gasteiger partial charge in [-0.1, -0.05) is 63.5 Å². The summed E-state index contributed by atoms with van der Waals surface area (Å²) < 4.78 is 29.6. The second kappa shape index (κ2) is 24.4. The first-order chi connectivity index (χ1) is 35.7. The molecular weight excluding hydrogens is 973 g/mol. The summed E-state index contributed by atoms with van der Waals surface area (Å²) >= 11 is 0. The SMILES string of the molecule is C.CN(c1cccc([N+](=O)[O-])c1)c1ccc2c(/C=C/c3ccc4c(c3)OCO4)n[nH]c2c1.CN(c1cccc([N+](=O)[O-])c1)c1ccc2c(/C=C/c3ccc4c(c3)OCO4)nn(COCC[Si](C)(C)C)c2c1.NCCN. The zero-order chi connectivity index (χ0) is 52.4. The number of aromatic nitrogens is 4. The van der Waals surface area contributed by atoms with Crippen molar-refractivity contribution in [1.82, 2.24) is 20.0 Å². The van der Waals surface area contributed by atoms with Crippen LogP contribution in [0.4, 0.5) is 34.1 Å². The van der Waals surface area contributed by atoms with Crippen LogP contribution in [0.25, 0.3) is 46.1 Å². The van der Waals surface area contributed by atoms with Crippen LogP contribution in [-0.2, 0) is 11.5 Å². The smallest absolute Gasteiger partial charge is 0.271 e. The van der Waals surface area contributed by atoms with Gasteiger partial charge in [-0.05, 0) is 102 Å². The third kappa shape index (κ3) is 13.5. The molecule has 0 saturated carbocycles.